The second-order valence-electron chi connectivity index (χ2n) is 7.72. The van der Waals surface area contributed by atoms with Crippen molar-refractivity contribution < 1.29 is 9.53 Å². The number of benzene rings is 1. The van der Waals surface area contributed by atoms with Crippen LogP contribution < -0.4 is 15.7 Å². The summed E-state index contributed by atoms with van der Waals surface area (Å²) in [6.07, 6.45) is 5.79. The van der Waals surface area contributed by atoms with E-state index in [-0.39, 0.29) is 23.6 Å². The van der Waals surface area contributed by atoms with E-state index in [1.165, 1.54) is 4.68 Å². The molecule has 0 unspecified atom stereocenters. The minimum Gasteiger partial charge on any atom is -0.497 e. The van der Waals surface area contributed by atoms with Crippen molar-refractivity contribution in [3.63, 3.8) is 0 Å². The van der Waals surface area contributed by atoms with Gasteiger partial charge >= 0.3 is 5.69 Å². The summed E-state index contributed by atoms with van der Waals surface area (Å²) in [4.78, 5) is 25.3. The normalized spacial score (nSPS) is 13.7. The fourth-order valence-electron chi connectivity index (χ4n) is 3.70. The van der Waals surface area contributed by atoms with Crippen molar-refractivity contribution in [1.82, 2.24) is 19.7 Å². The second-order valence-corrected chi connectivity index (χ2v) is 7.72. The van der Waals surface area contributed by atoms with E-state index in [0.29, 0.717) is 18.9 Å². The highest BCUT2D eigenvalue weighted by Crippen LogP contribution is 2.36. The lowest BCUT2D eigenvalue weighted by Gasteiger charge is -2.14. The minimum atomic E-state index is -0.105. The van der Waals surface area contributed by atoms with Crippen molar-refractivity contribution >= 4 is 5.91 Å². The Labute approximate surface area is 172 Å². The Morgan fingerprint density at radius 3 is 2.41 bits per heavy atom. The monoisotopic (exact) mass is 400 g/mol. The molecule has 0 radical (unpaired) electrons. The maximum absolute atomic E-state index is 12.9. The van der Waals surface area contributed by atoms with Gasteiger partial charge in [-0.05, 0) is 49.9 Å². The predicted molar refractivity (Wildman–Crippen MR) is 113 cm³/mol. The fourth-order valence-corrected chi connectivity index (χ4v) is 3.70. The van der Waals surface area contributed by atoms with E-state index in [4.69, 9.17) is 4.74 Å². The summed E-state index contributed by atoms with van der Waals surface area (Å²) in [6.45, 7) is 4.98. The van der Waals surface area contributed by atoms with Gasteiger partial charge in [0, 0.05) is 24.1 Å². The number of carbonyl (C=O) groups excluding carboxylic acids is 1. The van der Waals surface area contributed by atoms with Crippen LogP contribution in [0.3, 0.4) is 0 Å². The maximum atomic E-state index is 12.9. The first kappa shape index (κ1) is 21.1. The van der Waals surface area contributed by atoms with E-state index in [2.05, 4.69) is 24.3 Å². The molecule has 1 N–H and O–H groups in total. The van der Waals surface area contributed by atoms with E-state index in [1.54, 1.807) is 11.7 Å². The predicted octanol–water partition coefficient (Wildman–Crippen LogP) is 3.39. The molecule has 0 atom stereocenters. The maximum Gasteiger partial charge on any atom is 0.346 e. The number of carbonyl (C=O) groups is 1. The summed E-state index contributed by atoms with van der Waals surface area (Å²) in [5.41, 5.74) is 0.787. The van der Waals surface area contributed by atoms with Gasteiger partial charge < -0.3 is 10.1 Å². The Balaban J connectivity index is 1.71. The topological polar surface area (TPSA) is 78.2 Å². The van der Waals surface area contributed by atoms with Crippen molar-refractivity contribution in [3.05, 3.63) is 34.7 Å². The molecule has 1 heterocycles. The smallest absolute Gasteiger partial charge is 0.346 e. The highest BCUT2D eigenvalue weighted by atomic mass is 16.5. The lowest BCUT2D eigenvalue weighted by Crippen LogP contribution is -2.35. The Morgan fingerprint density at radius 1 is 1.21 bits per heavy atom. The molecule has 7 nitrogen and oxygen atoms in total. The molecule has 0 saturated heterocycles. The number of nitrogens with zero attached hydrogens (tertiary/aromatic N) is 3. The number of nitrogens with one attached hydrogen (secondary N) is 1. The van der Waals surface area contributed by atoms with Gasteiger partial charge in [0.15, 0.2) is 5.82 Å². The van der Waals surface area contributed by atoms with Crippen LogP contribution in [-0.2, 0) is 11.3 Å². The van der Waals surface area contributed by atoms with Gasteiger partial charge in [0.05, 0.1) is 13.7 Å². The number of rotatable bonds is 11. The molecule has 0 aliphatic heterocycles. The third-order valence-corrected chi connectivity index (χ3v) is 5.40. The molecule has 3 rings (SSSR count). The lowest BCUT2D eigenvalue weighted by atomic mass is 9.97. The molecular weight excluding hydrogens is 368 g/mol. The summed E-state index contributed by atoms with van der Waals surface area (Å²) < 4.78 is 8.49. The van der Waals surface area contributed by atoms with Crippen LogP contribution in [0.1, 0.15) is 58.4 Å². The molecule has 2 aromatic rings. The van der Waals surface area contributed by atoms with Crippen LogP contribution in [0.4, 0.5) is 0 Å². The molecule has 1 saturated carbocycles. The molecule has 1 aromatic carbocycles. The molecule has 29 heavy (non-hydrogen) atoms. The third kappa shape index (κ3) is 5.08. The van der Waals surface area contributed by atoms with Gasteiger partial charge in [0.2, 0.25) is 5.91 Å². The first-order valence-corrected chi connectivity index (χ1v) is 10.7. The molecule has 7 heteroatoms. The number of methoxy groups -OCH3 is 1. The summed E-state index contributed by atoms with van der Waals surface area (Å²) in [7, 11) is 1.63. The van der Waals surface area contributed by atoms with Crippen molar-refractivity contribution in [2.24, 2.45) is 5.92 Å². The van der Waals surface area contributed by atoms with Crippen LogP contribution in [0.5, 0.6) is 5.75 Å². The standard InChI is InChI=1S/C22H32N4O3/c1-4-6-17(7-5-2)21(27)23-14-15-25-22(28)26(18-10-11-18)20(24-25)16-8-12-19(29-3)13-9-16/h8-9,12-13,17-18H,4-7,10-11,14-15H2,1-3H3,(H,23,27). The SMILES string of the molecule is CCCC(CCC)C(=O)NCCn1nc(-c2ccc(OC)cc2)n(C2CC2)c1=O. The Morgan fingerprint density at radius 2 is 1.86 bits per heavy atom. The van der Waals surface area contributed by atoms with Crippen molar-refractivity contribution in [1.29, 1.82) is 0 Å². The van der Waals surface area contributed by atoms with Gasteiger partial charge in [0.25, 0.3) is 0 Å². The van der Waals surface area contributed by atoms with Crippen LogP contribution in [0.25, 0.3) is 11.4 Å². The Kier molecular flexibility index (Phi) is 7.12. The van der Waals surface area contributed by atoms with Crippen molar-refractivity contribution in [2.45, 2.75) is 65.0 Å². The number of hydrogen-bond acceptors (Lipinski definition) is 4. The highest BCUT2D eigenvalue weighted by molar-refractivity contribution is 5.78. The van der Waals surface area contributed by atoms with E-state index in [9.17, 15) is 9.59 Å². The molecule has 0 bridgehead atoms. The van der Waals surface area contributed by atoms with Crippen LogP contribution in [0.15, 0.2) is 29.1 Å². The summed E-state index contributed by atoms with van der Waals surface area (Å²) in [5.74, 6) is 1.59. The van der Waals surface area contributed by atoms with Gasteiger partial charge in [-0.1, -0.05) is 26.7 Å². The second kappa shape index (κ2) is 9.76. The van der Waals surface area contributed by atoms with Crippen LogP contribution in [0, 0.1) is 5.92 Å². The molecule has 158 valence electrons. The molecule has 0 spiro atoms. The van der Waals surface area contributed by atoms with Crippen molar-refractivity contribution in [2.75, 3.05) is 13.7 Å². The van der Waals surface area contributed by atoms with E-state index >= 15 is 0 Å². The third-order valence-electron chi connectivity index (χ3n) is 5.40. The van der Waals surface area contributed by atoms with E-state index in [0.717, 1.165) is 49.8 Å². The molecule has 1 amide bonds. The van der Waals surface area contributed by atoms with Crippen LogP contribution in [0.2, 0.25) is 0 Å². The zero-order valence-electron chi connectivity index (χ0n) is 17.7. The van der Waals surface area contributed by atoms with Crippen LogP contribution >= 0.6 is 0 Å². The molecular formula is C22H32N4O3. The minimum absolute atomic E-state index is 0.0561. The van der Waals surface area contributed by atoms with E-state index < -0.39 is 0 Å². The molecule has 1 aliphatic rings. The van der Waals surface area contributed by atoms with Crippen molar-refractivity contribution in [3.8, 4) is 17.1 Å². The number of hydrogen-bond donors (Lipinski definition) is 1. The highest BCUT2D eigenvalue weighted by Gasteiger charge is 2.30. The molecule has 1 aliphatic carbocycles. The summed E-state index contributed by atoms with van der Waals surface area (Å²) in [5, 5.41) is 7.58. The lowest BCUT2D eigenvalue weighted by molar-refractivity contribution is -0.125. The number of aromatic nitrogens is 3. The van der Waals surface area contributed by atoms with Gasteiger partial charge in [-0.15, -0.1) is 5.10 Å². The first-order chi connectivity index (χ1) is 14.1. The van der Waals surface area contributed by atoms with Gasteiger partial charge in [0.1, 0.15) is 5.75 Å². The fraction of sp³-hybridized carbons (Fsp3) is 0.591. The summed E-state index contributed by atoms with van der Waals surface area (Å²) >= 11 is 0. The summed E-state index contributed by atoms with van der Waals surface area (Å²) in [6, 6.07) is 7.81. The van der Waals surface area contributed by atoms with E-state index in [1.807, 2.05) is 24.3 Å². The van der Waals surface area contributed by atoms with Gasteiger partial charge in [-0.25, -0.2) is 9.48 Å². The largest absolute Gasteiger partial charge is 0.497 e. The van der Waals surface area contributed by atoms with Gasteiger partial charge in [-0.2, -0.15) is 0 Å². The molecule has 1 aromatic heterocycles. The first-order valence-electron chi connectivity index (χ1n) is 10.7. The number of ether oxygens (including phenoxy) is 1. The molecule has 1 fully saturated rings. The van der Waals surface area contributed by atoms with Crippen LogP contribution in [-0.4, -0.2) is 33.9 Å². The Hall–Kier alpha value is -2.57. The Bertz CT molecular complexity index is 859. The van der Waals surface area contributed by atoms with Gasteiger partial charge in [-0.3, -0.25) is 9.36 Å². The average molecular weight is 401 g/mol. The quantitative estimate of drug-likeness (QED) is 0.627. The number of amides is 1. The average Bonchev–Trinajstić information content (AvgIpc) is 3.52. The zero-order valence-corrected chi connectivity index (χ0v) is 17.7. The zero-order chi connectivity index (χ0) is 20.8.